The van der Waals surface area contributed by atoms with Crippen molar-refractivity contribution in [2.75, 3.05) is 0 Å². The Morgan fingerprint density at radius 3 is 2.80 bits per heavy atom. The zero-order valence-electron chi connectivity index (χ0n) is 7.64. The van der Waals surface area contributed by atoms with Gasteiger partial charge in [-0.1, -0.05) is 22.0 Å². The maximum atomic E-state index is 10.5. The zero-order valence-corrected chi connectivity index (χ0v) is 10.0. The number of benzene rings is 1. The fraction of sp³-hybridized carbons (Fsp3) is 0. The van der Waals surface area contributed by atoms with Crippen molar-refractivity contribution in [1.29, 1.82) is 0 Å². The third kappa shape index (κ3) is 2.67. The summed E-state index contributed by atoms with van der Waals surface area (Å²) in [6.45, 7) is 0. The molecule has 0 N–H and O–H groups in total. The first-order valence-electron chi connectivity index (χ1n) is 4.25. The van der Waals surface area contributed by atoms with Crippen LogP contribution in [0.15, 0.2) is 40.2 Å². The number of aldehydes is 1. The van der Waals surface area contributed by atoms with E-state index >= 15 is 0 Å². The van der Waals surface area contributed by atoms with Crippen LogP contribution in [-0.2, 0) is 0 Å². The van der Waals surface area contributed by atoms with Gasteiger partial charge in [0.1, 0.15) is 11.5 Å². The quantitative estimate of drug-likeness (QED) is 0.792. The molecule has 1 aromatic heterocycles. The third-order valence-corrected chi connectivity index (χ3v) is 3.07. The fourth-order valence-corrected chi connectivity index (χ4v) is 2.10. The lowest BCUT2D eigenvalue weighted by Crippen LogP contribution is -1.80. The van der Waals surface area contributed by atoms with Gasteiger partial charge in [-0.2, -0.15) is 0 Å². The van der Waals surface area contributed by atoms with Gasteiger partial charge in [-0.05, 0) is 18.2 Å². The van der Waals surface area contributed by atoms with Gasteiger partial charge < -0.3 is 4.74 Å². The van der Waals surface area contributed by atoms with Gasteiger partial charge in [0.25, 0.3) is 0 Å². The molecule has 4 heteroatoms. The molecule has 1 heterocycles. The molecule has 0 saturated heterocycles. The molecule has 0 bridgehead atoms. The van der Waals surface area contributed by atoms with Gasteiger partial charge in [0.05, 0.1) is 4.88 Å². The number of ether oxygens (including phenoxy) is 1. The van der Waals surface area contributed by atoms with Crippen molar-refractivity contribution < 1.29 is 9.53 Å². The van der Waals surface area contributed by atoms with Gasteiger partial charge >= 0.3 is 0 Å². The highest BCUT2D eigenvalue weighted by atomic mass is 79.9. The predicted molar refractivity (Wildman–Crippen MR) is 63.9 cm³/mol. The standard InChI is InChI=1S/C11H7BrO2S/c12-8-2-1-3-9(4-8)14-10-5-11(6-13)15-7-10/h1-7H. The molecule has 2 rings (SSSR count). The summed E-state index contributed by atoms with van der Waals surface area (Å²) in [5.74, 6) is 1.44. The summed E-state index contributed by atoms with van der Waals surface area (Å²) in [4.78, 5) is 11.1. The van der Waals surface area contributed by atoms with Gasteiger partial charge in [-0.15, -0.1) is 11.3 Å². The Kier molecular flexibility index (Phi) is 3.18. The lowest BCUT2D eigenvalue weighted by Gasteiger charge is -2.02. The average molecular weight is 283 g/mol. The zero-order chi connectivity index (χ0) is 10.7. The minimum atomic E-state index is 0.667. The van der Waals surface area contributed by atoms with Crippen LogP contribution >= 0.6 is 27.3 Å². The third-order valence-electron chi connectivity index (χ3n) is 1.74. The number of carbonyl (C=O) groups is 1. The Morgan fingerprint density at radius 1 is 1.27 bits per heavy atom. The summed E-state index contributed by atoms with van der Waals surface area (Å²) in [6.07, 6.45) is 0.818. The maximum Gasteiger partial charge on any atom is 0.160 e. The lowest BCUT2D eigenvalue weighted by atomic mass is 10.3. The Bertz CT molecular complexity index is 479. The van der Waals surface area contributed by atoms with E-state index < -0.39 is 0 Å². The van der Waals surface area contributed by atoms with Crippen molar-refractivity contribution in [1.82, 2.24) is 0 Å². The molecule has 0 fully saturated rings. The first-order valence-corrected chi connectivity index (χ1v) is 5.92. The van der Waals surface area contributed by atoms with Crippen molar-refractivity contribution in [2.45, 2.75) is 0 Å². The first kappa shape index (κ1) is 10.4. The van der Waals surface area contributed by atoms with E-state index in [1.54, 1.807) is 6.07 Å². The average Bonchev–Trinajstić information content (AvgIpc) is 2.65. The van der Waals surface area contributed by atoms with Gasteiger partial charge in [-0.25, -0.2) is 0 Å². The van der Waals surface area contributed by atoms with Crippen LogP contribution in [0.2, 0.25) is 0 Å². The van der Waals surface area contributed by atoms with Crippen LogP contribution in [0.4, 0.5) is 0 Å². The molecule has 2 aromatic rings. The van der Waals surface area contributed by atoms with Crippen molar-refractivity contribution in [3.63, 3.8) is 0 Å². The van der Waals surface area contributed by atoms with Crippen molar-refractivity contribution in [3.05, 3.63) is 45.1 Å². The van der Waals surface area contributed by atoms with E-state index in [0.717, 1.165) is 16.5 Å². The SMILES string of the molecule is O=Cc1cc(Oc2cccc(Br)c2)cs1. The summed E-state index contributed by atoms with van der Waals surface area (Å²) in [6, 6.07) is 9.28. The number of hydrogen-bond donors (Lipinski definition) is 0. The second-order valence-electron chi connectivity index (χ2n) is 2.86. The van der Waals surface area contributed by atoms with Gasteiger partial charge in [-0.3, -0.25) is 4.79 Å². The van der Waals surface area contributed by atoms with Crippen molar-refractivity contribution >= 4 is 33.6 Å². The minimum Gasteiger partial charge on any atom is -0.456 e. The highest BCUT2D eigenvalue weighted by Crippen LogP contribution is 2.27. The monoisotopic (exact) mass is 282 g/mol. The number of rotatable bonds is 3. The number of hydrogen-bond acceptors (Lipinski definition) is 3. The highest BCUT2D eigenvalue weighted by molar-refractivity contribution is 9.10. The highest BCUT2D eigenvalue weighted by Gasteiger charge is 2.01. The van der Waals surface area contributed by atoms with E-state index in [4.69, 9.17) is 4.74 Å². The fourth-order valence-electron chi connectivity index (χ4n) is 1.12. The van der Waals surface area contributed by atoms with Crippen LogP contribution in [0.5, 0.6) is 11.5 Å². The number of carbonyl (C=O) groups excluding carboxylic acids is 1. The Balaban J connectivity index is 2.18. The summed E-state index contributed by atoms with van der Waals surface area (Å²) in [5, 5.41) is 1.81. The van der Waals surface area contributed by atoms with Crippen LogP contribution in [0.25, 0.3) is 0 Å². The second-order valence-corrected chi connectivity index (χ2v) is 4.72. The van der Waals surface area contributed by atoms with Crippen LogP contribution in [0.3, 0.4) is 0 Å². The summed E-state index contributed by atoms with van der Waals surface area (Å²) < 4.78 is 6.53. The van der Waals surface area contributed by atoms with Gasteiger partial charge in [0.15, 0.2) is 6.29 Å². The lowest BCUT2D eigenvalue weighted by molar-refractivity contribution is 0.112. The molecule has 0 atom stereocenters. The van der Waals surface area contributed by atoms with Crippen LogP contribution in [-0.4, -0.2) is 6.29 Å². The molecule has 1 aromatic carbocycles. The van der Waals surface area contributed by atoms with Crippen LogP contribution in [0.1, 0.15) is 9.67 Å². The Labute approximate surface area is 99.6 Å². The molecule has 0 aliphatic carbocycles. The van der Waals surface area contributed by atoms with Crippen LogP contribution < -0.4 is 4.74 Å². The Morgan fingerprint density at radius 2 is 2.13 bits per heavy atom. The summed E-state index contributed by atoms with van der Waals surface area (Å²) >= 11 is 4.73. The molecule has 0 aliphatic rings. The topological polar surface area (TPSA) is 26.3 Å². The predicted octanol–water partition coefficient (Wildman–Crippen LogP) is 4.12. The second kappa shape index (κ2) is 4.59. The normalized spacial score (nSPS) is 9.93. The van der Waals surface area contributed by atoms with E-state index in [-0.39, 0.29) is 0 Å². The molecular formula is C11H7BrO2S. The van der Waals surface area contributed by atoms with Crippen molar-refractivity contribution in [3.8, 4) is 11.5 Å². The van der Waals surface area contributed by atoms with E-state index in [1.165, 1.54) is 11.3 Å². The molecule has 0 aliphatic heterocycles. The molecule has 0 amide bonds. The molecule has 0 radical (unpaired) electrons. The van der Waals surface area contributed by atoms with E-state index in [0.29, 0.717) is 10.6 Å². The molecule has 0 spiro atoms. The molecule has 76 valence electrons. The molecule has 0 saturated carbocycles. The Hall–Kier alpha value is -1.13. The number of thiophene rings is 1. The number of halogens is 1. The first-order chi connectivity index (χ1) is 7.28. The van der Waals surface area contributed by atoms with Crippen molar-refractivity contribution in [2.24, 2.45) is 0 Å². The molecular weight excluding hydrogens is 276 g/mol. The minimum absolute atomic E-state index is 0.667. The van der Waals surface area contributed by atoms with Gasteiger partial charge in [0, 0.05) is 15.9 Å². The van der Waals surface area contributed by atoms with E-state index in [2.05, 4.69) is 15.9 Å². The van der Waals surface area contributed by atoms with Gasteiger partial charge in [0.2, 0.25) is 0 Å². The summed E-state index contributed by atoms with van der Waals surface area (Å²) in [5.41, 5.74) is 0. The molecule has 0 unspecified atom stereocenters. The summed E-state index contributed by atoms with van der Waals surface area (Å²) in [7, 11) is 0. The molecule has 2 nitrogen and oxygen atoms in total. The van der Waals surface area contributed by atoms with E-state index in [9.17, 15) is 4.79 Å². The maximum absolute atomic E-state index is 10.5. The van der Waals surface area contributed by atoms with Crippen LogP contribution in [0, 0.1) is 0 Å². The van der Waals surface area contributed by atoms with E-state index in [1.807, 2.05) is 29.6 Å². The molecule has 15 heavy (non-hydrogen) atoms. The largest absolute Gasteiger partial charge is 0.456 e. The smallest absolute Gasteiger partial charge is 0.160 e.